The molecule has 1 heterocycles. The minimum Gasteiger partial charge on any atom is -0.460 e. The first kappa shape index (κ1) is 13.8. The summed E-state index contributed by atoms with van der Waals surface area (Å²) in [6, 6.07) is 7.96. The van der Waals surface area contributed by atoms with Crippen molar-refractivity contribution < 1.29 is 9.34 Å². The fourth-order valence-electron chi connectivity index (χ4n) is 2.41. The van der Waals surface area contributed by atoms with Gasteiger partial charge in [-0.05, 0) is 50.5 Å². The van der Waals surface area contributed by atoms with E-state index in [-0.39, 0.29) is 10.6 Å². The summed E-state index contributed by atoms with van der Waals surface area (Å²) in [6.07, 6.45) is 2.49. The largest absolute Gasteiger partial charge is 0.460 e. The van der Waals surface area contributed by atoms with Crippen molar-refractivity contribution in [3.63, 3.8) is 0 Å². The van der Waals surface area contributed by atoms with Gasteiger partial charge in [0.2, 0.25) is 0 Å². The first-order chi connectivity index (χ1) is 10.0. The molecule has 1 N–H and O–H groups in total. The Labute approximate surface area is 123 Å². The number of benzene rings is 1. The molecule has 0 spiro atoms. The molecule has 1 aromatic heterocycles. The Balaban J connectivity index is 1.85. The lowest BCUT2D eigenvalue weighted by Gasteiger charge is -2.06. The Hall–Kier alpha value is -2.14. The topological polar surface area (TPSA) is 68.3 Å². The second-order valence-electron chi connectivity index (χ2n) is 5.63. The van der Waals surface area contributed by atoms with Gasteiger partial charge in [-0.2, -0.15) is 0 Å². The van der Waals surface area contributed by atoms with E-state index < -0.39 is 0 Å². The van der Waals surface area contributed by atoms with E-state index in [1.807, 2.05) is 25.1 Å². The predicted molar refractivity (Wildman–Crippen MR) is 80.1 cm³/mol. The molecular formula is C16H18N2O3. The molecule has 0 atom stereocenters. The van der Waals surface area contributed by atoms with Crippen molar-refractivity contribution in [3.05, 3.63) is 51.3 Å². The van der Waals surface area contributed by atoms with E-state index in [4.69, 9.17) is 4.42 Å². The Bertz CT molecular complexity index is 687. The van der Waals surface area contributed by atoms with Crippen molar-refractivity contribution in [3.8, 4) is 11.3 Å². The van der Waals surface area contributed by atoms with Gasteiger partial charge in [0.05, 0.1) is 11.5 Å². The maximum Gasteiger partial charge on any atom is 0.272 e. The second-order valence-corrected chi connectivity index (χ2v) is 5.63. The Kier molecular flexibility index (Phi) is 3.51. The summed E-state index contributed by atoms with van der Waals surface area (Å²) in [6.45, 7) is 4.35. The van der Waals surface area contributed by atoms with Gasteiger partial charge in [0.25, 0.3) is 5.69 Å². The van der Waals surface area contributed by atoms with Gasteiger partial charge in [0, 0.05) is 23.2 Å². The maximum atomic E-state index is 11.0. The standard InChI is InChI=1S/C16H18N2O3/c1-10-8-15(18(19)20)11(2)7-14(10)16-6-5-13(21-16)9-17-12-3-4-12/h5-8,12,17H,3-4,9H2,1-2H3. The highest BCUT2D eigenvalue weighted by molar-refractivity contribution is 5.66. The molecular weight excluding hydrogens is 268 g/mol. The molecule has 0 unspecified atom stereocenters. The SMILES string of the molecule is Cc1cc([N+](=O)[O-])c(C)cc1-c1ccc(CNC2CC2)o1. The highest BCUT2D eigenvalue weighted by Crippen LogP contribution is 2.31. The summed E-state index contributed by atoms with van der Waals surface area (Å²) in [5.74, 6) is 1.66. The third-order valence-electron chi connectivity index (χ3n) is 3.81. The number of nitro benzene ring substituents is 1. The molecule has 1 aliphatic carbocycles. The molecule has 5 heteroatoms. The van der Waals surface area contributed by atoms with Gasteiger partial charge in [0.1, 0.15) is 11.5 Å². The van der Waals surface area contributed by atoms with Crippen molar-refractivity contribution in [2.45, 2.75) is 39.3 Å². The van der Waals surface area contributed by atoms with Crippen molar-refractivity contribution >= 4 is 5.69 Å². The molecule has 1 aliphatic rings. The summed E-state index contributed by atoms with van der Waals surface area (Å²) >= 11 is 0. The summed E-state index contributed by atoms with van der Waals surface area (Å²) in [5, 5.41) is 14.4. The van der Waals surface area contributed by atoms with Crippen LogP contribution in [0.1, 0.15) is 29.7 Å². The summed E-state index contributed by atoms with van der Waals surface area (Å²) in [4.78, 5) is 10.6. The molecule has 0 bridgehead atoms. The average molecular weight is 286 g/mol. The summed E-state index contributed by atoms with van der Waals surface area (Å²) in [5.41, 5.74) is 2.56. The number of aryl methyl sites for hydroxylation is 2. The molecule has 1 fully saturated rings. The van der Waals surface area contributed by atoms with Gasteiger partial charge in [-0.25, -0.2) is 0 Å². The van der Waals surface area contributed by atoms with E-state index >= 15 is 0 Å². The van der Waals surface area contributed by atoms with Crippen LogP contribution in [-0.4, -0.2) is 11.0 Å². The number of nitrogens with zero attached hydrogens (tertiary/aromatic N) is 1. The third kappa shape index (κ3) is 2.97. The third-order valence-corrected chi connectivity index (χ3v) is 3.81. The fraction of sp³-hybridized carbons (Fsp3) is 0.375. The van der Waals surface area contributed by atoms with Crippen LogP contribution in [0.4, 0.5) is 5.69 Å². The predicted octanol–water partition coefficient (Wildman–Crippen LogP) is 3.72. The Morgan fingerprint density at radius 2 is 2.05 bits per heavy atom. The number of nitro groups is 1. The normalized spacial score (nSPS) is 14.4. The second kappa shape index (κ2) is 5.33. The van der Waals surface area contributed by atoms with Crippen LogP contribution in [-0.2, 0) is 6.54 Å². The molecule has 1 saturated carbocycles. The molecule has 0 amide bonds. The molecule has 0 saturated heterocycles. The molecule has 0 radical (unpaired) electrons. The van der Waals surface area contributed by atoms with E-state index in [1.54, 1.807) is 13.0 Å². The van der Waals surface area contributed by atoms with Crippen molar-refractivity contribution in [1.82, 2.24) is 5.32 Å². The molecule has 1 aromatic carbocycles. The average Bonchev–Trinajstić information content (AvgIpc) is 3.16. The van der Waals surface area contributed by atoms with Gasteiger partial charge >= 0.3 is 0 Å². The van der Waals surface area contributed by atoms with Crippen molar-refractivity contribution in [2.24, 2.45) is 0 Å². The first-order valence-corrected chi connectivity index (χ1v) is 7.12. The quantitative estimate of drug-likeness (QED) is 0.671. The number of hydrogen-bond donors (Lipinski definition) is 1. The van der Waals surface area contributed by atoms with Crippen LogP contribution in [0.25, 0.3) is 11.3 Å². The highest BCUT2D eigenvalue weighted by atomic mass is 16.6. The smallest absolute Gasteiger partial charge is 0.272 e. The molecule has 5 nitrogen and oxygen atoms in total. The van der Waals surface area contributed by atoms with Crippen LogP contribution in [0.15, 0.2) is 28.7 Å². The van der Waals surface area contributed by atoms with Crippen LogP contribution >= 0.6 is 0 Å². The zero-order chi connectivity index (χ0) is 15.0. The molecule has 21 heavy (non-hydrogen) atoms. The number of rotatable bonds is 5. The molecule has 2 aromatic rings. The lowest BCUT2D eigenvalue weighted by atomic mass is 10.0. The zero-order valence-electron chi connectivity index (χ0n) is 12.2. The Morgan fingerprint density at radius 3 is 2.71 bits per heavy atom. The molecule has 3 rings (SSSR count). The molecule has 0 aliphatic heterocycles. The first-order valence-electron chi connectivity index (χ1n) is 7.12. The zero-order valence-corrected chi connectivity index (χ0v) is 12.2. The van der Waals surface area contributed by atoms with Crippen LogP contribution < -0.4 is 5.32 Å². The van der Waals surface area contributed by atoms with Crippen LogP contribution in [0.3, 0.4) is 0 Å². The van der Waals surface area contributed by atoms with Crippen LogP contribution in [0.5, 0.6) is 0 Å². The lowest BCUT2D eigenvalue weighted by molar-refractivity contribution is -0.385. The van der Waals surface area contributed by atoms with Gasteiger partial charge < -0.3 is 9.73 Å². The van der Waals surface area contributed by atoms with Gasteiger partial charge in [-0.3, -0.25) is 10.1 Å². The highest BCUT2D eigenvalue weighted by Gasteiger charge is 2.21. The van der Waals surface area contributed by atoms with E-state index in [9.17, 15) is 10.1 Å². The van der Waals surface area contributed by atoms with Crippen molar-refractivity contribution in [2.75, 3.05) is 0 Å². The van der Waals surface area contributed by atoms with Crippen LogP contribution in [0, 0.1) is 24.0 Å². The van der Waals surface area contributed by atoms with Gasteiger partial charge in [0.15, 0.2) is 0 Å². The maximum absolute atomic E-state index is 11.0. The monoisotopic (exact) mass is 286 g/mol. The van der Waals surface area contributed by atoms with Crippen molar-refractivity contribution in [1.29, 1.82) is 0 Å². The minimum atomic E-state index is -0.348. The van der Waals surface area contributed by atoms with E-state index in [1.165, 1.54) is 12.8 Å². The summed E-state index contributed by atoms with van der Waals surface area (Å²) in [7, 11) is 0. The van der Waals surface area contributed by atoms with E-state index in [0.29, 0.717) is 11.6 Å². The van der Waals surface area contributed by atoms with Gasteiger partial charge in [-0.15, -0.1) is 0 Å². The number of hydrogen-bond acceptors (Lipinski definition) is 4. The minimum absolute atomic E-state index is 0.151. The van der Waals surface area contributed by atoms with Gasteiger partial charge in [-0.1, -0.05) is 0 Å². The number of nitrogens with one attached hydrogen (secondary N) is 1. The van der Waals surface area contributed by atoms with Crippen LogP contribution in [0.2, 0.25) is 0 Å². The summed E-state index contributed by atoms with van der Waals surface area (Å²) < 4.78 is 5.85. The molecule has 110 valence electrons. The fourth-order valence-corrected chi connectivity index (χ4v) is 2.41. The lowest BCUT2D eigenvalue weighted by Crippen LogP contribution is -2.14. The van der Waals surface area contributed by atoms with E-state index in [0.717, 1.165) is 29.2 Å². The Morgan fingerprint density at radius 1 is 1.29 bits per heavy atom. The van der Waals surface area contributed by atoms with E-state index in [2.05, 4.69) is 5.32 Å². The number of furan rings is 1.